The van der Waals surface area contributed by atoms with E-state index in [1.165, 1.54) is 25.2 Å². The Morgan fingerprint density at radius 1 is 0.932 bits per heavy atom. The molecule has 0 fully saturated rings. The average Bonchev–Trinajstić information content (AvgIpc) is 3.05. The molecule has 228 valence electrons. The number of fused-ring (bicyclic) bond motifs is 1. The summed E-state index contributed by atoms with van der Waals surface area (Å²) in [6, 6.07) is 27.5. The standard InChI is InChI=1S/C33H33N3O7S/c1-23-16-17-29(42-3)31(18-23)44(39,40)36(25-12-9-13-26(19-25)41-2)22-32(37)35-21-30(43-28-15-8-7-14-27(28)35)33(38)34-20-24-10-5-4-6-11-24/h4-19,30H,20-22H2,1-3H3,(H,34,38). The Morgan fingerprint density at radius 2 is 1.68 bits per heavy atom. The second-order valence-corrected chi connectivity index (χ2v) is 12.0. The molecule has 1 aliphatic rings. The van der Waals surface area contributed by atoms with Crippen molar-refractivity contribution in [3.63, 3.8) is 0 Å². The van der Waals surface area contributed by atoms with E-state index in [2.05, 4.69) is 5.32 Å². The maximum Gasteiger partial charge on any atom is 0.268 e. The highest BCUT2D eigenvalue weighted by molar-refractivity contribution is 7.93. The lowest BCUT2D eigenvalue weighted by atomic mass is 10.1. The number of nitrogens with zero attached hydrogens (tertiary/aromatic N) is 2. The van der Waals surface area contributed by atoms with Crippen molar-refractivity contribution in [1.29, 1.82) is 0 Å². The van der Waals surface area contributed by atoms with Crippen molar-refractivity contribution in [3.8, 4) is 17.2 Å². The molecule has 4 aromatic rings. The lowest BCUT2D eigenvalue weighted by Crippen LogP contribution is -2.53. The third-order valence-electron chi connectivity index (χ3n) is 7.18. The molecule has 0 bridgehead atoms. The largest absolute Gasteiger partial charge is 0.497 e. The molecular weight excluding hydrogens is 582 g/mol. The topological polar surface area (TPSA) is 114 Å². The molecule has 10 nitrogen and oxygen atoms in total. The molecule has 0 aromatic heterocycles. The Labute approximate surface area is 256 Å². The normalized spacial score (nSPS) is 14.2. The van der Waals surface area contributed by atoms with E-state index in [1.54, 1.807) is 67.6 Å². The number of hydrogen-bond acceptors (Lipinski definition) is 7. The number of rotatable bonds is 10. The SMILES string of the molecule is COc1cccc(N(CC(=O)N2CC(C(=O)NCc3ccccc3)Oc3ccccc32)S(=O)(=O)c2cc(C)ccc2OC)c1. The Balaban J connectivity index is 1.48. The summed E-state index contributed by atoms with van der Waals surface area (Å²) in [7, 11) is -1.47. The van der Waals surface area contributed by atoms with Gasteiger partial charge in [0.2, 0.25) is 5.91 Å². The van der Waals surface area contributed by atoms with Crippen LogP contribution in [-0.2, 0) is 26.2 Å². The maximum atomic E-state index is 14.3. The number of para-hydroxylation sites is 2. The first kappa shape index (κ1) is 30.4. The number of sulfonamides is 1. The van der Waals surface area contributed by atoms with Crippen LogP contribution in [0.3, 0.4) is 0 Å². The van der Waals surface area contributed by atoms with Gasteiger partial charge in [0, 0.05) is 12.6 Å². The Morgan fingerprint density at radius 3 is 2.43 bits per heavy atom. The highest BCUT2D eigenvalue weighted by Gasteiger charge is 2.37. The minimum atomic E-state index is -4.33. The highest BCUT2D eigenvalue weighted by Crippen LogP contribution is 2.35. The summed E-state index contributed by atoms with van der Waals surface area (Å²) in [4.78, 5) is 28.6. The second kappa shape index (κ2) is 13.1. The zero-order chi connectivity index (χ0) is 31.3. The monoisotopic (exact) mass is 615 g/mol. The van der Waals surface area contributed by atoms with Crippen LogP contribution in [0.5, 0.6) is 17.2 Å². The molecule has 1 atom stereocenters. The molecule has 11 heteroatoms. The summed E-state index contributed by atoms with van der Waals surface area (Å²) >= 11 is 0. The van der Waals surface area contributed by atoms with Crippen molar-refractivity contribution >= 4 is 33.2 Å². The molecule has 0 aliphatic carbocycles. The Bertz CT molecular complexity index is 1760. The molecule has 1 aliphatic heterocycles. The zero-order valence-corrected chi connectivity index (χ0v) is 25.4. The van der Waals surface area contributed by atoms with Crippen molar-refractivity contribution in [2.24, 2.45) is 0 Å². The molecule has 2 amide bonds. The number of carbonyl (C=O) groups excluding carboxylic acids is 2. The zero-order valence-electron chi connectivity index (χ0n) is 24.6. The first-order valence-electron chi connectivity index (χ1n) is 13.9. The van der Waals surface area contributed by atoms with Crippen LogP contribution in [0, 0.1) is 6.92 Å². The quantitative estimate of drug-likeness (QED) is 0.283. The number of methoxy groups -OCH3 is 2. The summed E-state index contributed by atoms with van der Waals surface area (Å²) < 4.78 is 46.3. The molecule has 0 saturated carbocycles. The highest BCUT2D eigenvalue weighted by atomic mass is 32.2. The molecule has 0 saturated heterocycles. The molecular formula is C33H33N3O7S. The summed E-state index contributed by atoms with van der Waals surface area (Å²) in [5, 5.41) is 2.87. The molecule has 4 aromatic carbocycles. The molecule has 5 rings (SSSR count). The fourth-order valence-electron chi connectivity index (χ4n) is 4.90. The van der Waals surface area contributed by atoms with Gasteiger partial charge in [0.1, 0.15) is 28.7 Å². The van der Waals surface area contributed by atoms with Crippen LogP contribution in [0.4, 0.5) is 11.4 Å². The summed E-state index contributed by atoms with van der Waals surface area (Å²) in [6.07, 6.45) is -1.02. The van der Waals surface area contributed by atoms with Gasteiger partial charge in [0.25, 0.3) is 15.9 Å². The molecule has 0 radical (unpaired) electrons. The predicted octanol–water partition coefficient (Wildman–Crippen LogP) is 4.32. The van der Waals surface area contributed by atoms with Crippen LogP contribution >= 0.6 is 0 Å². The summed E-state index contributed by atoms with van der Waals surface area (Å²) in [6.45, 7) is 1.37. The lowest BCUT2D eigenvalue weighted by Gasteiger charge is -2.35. The van der Waals surface area contributed by atoms with Gasteiger partial charge in [-0.2, -0.15) is 0 Å². The van der Waals surface area contributed by atoms with Gasteiger partial charge in [-0.25, -0.2) is 8.42 Å². The number of ether oxygens (including phenoxy) is 3. The number of benzene rings is 4. The van der Waals surface area contributed by atoms with E-state index < -0.39 is 34.5 Å². The second-order valence-electron chi connectivity index (χ2n) is 10.1. The predicted molar refractivity (Wildman–Crippen MR) is 167 cm³/mol. The van der Waals surface area contributed by atoms with E-state index in [0.29, 0.717) is 22.7 Å². The summed E-state index contributed by atoms with van der Waals surface area (Å²) in [5.74, 6) is -0.0632. The van der Waals surface area contributed by atoms with E-state index in [4.69, 9.17) is 14.2 Å². The fraction of sp³-hybridized carbons (Fsp3) is 0.212. The van der Waals surface area contributed by atoms with E-state index in [-0.39, 0.29) is 29.4 Å². The Hall–Kier alpha value is -5.03. The summed E-state index contributed by atoms with van der Waals surface area (Å²) in [5.41, 5.74) is 2.27. The maximum absolute atomic E-state index is 14.3. The van der Waals surface area contributed by atoms with Crippen LogP contribution in [0.25, 0.3) is 0 Å². The minimum Gasteiger partial charge on any atom is -0.497 e. The van der Waals surface area contributed by atoms with E-state index in [9.17, 15) is 18.0 Å². The van der Waals surface area contributed by atoms with Crippen LogP contribution in [-0.4, -0.2) is 53.6 Å². The molecule has 0 spiro atoms. The lowest BCUT2D eigenvalue weighted by molar-refractivity contribution is -0.128. The van der Waals surface area contributed by atoms with Crippen LogP contribution in [0.1, 0.15) is 11.1 Å². The van der Waals surface area contributed by atoms with Gasteiger partial charge in [-0.3, -0.25) is 13.9 Å². The number of aryl methyl sites for hydroxylation is 1. The van der Waals surface area contributed by atoms with Crippen LogP contribution < -0.4 is 28.7 Å². The van der Waals surface area contributed by atoms with Crippen molar-refractivity contribution in [3.05, 3.63) is 108 Å². The van der Waals surface area contributed by atoms with Gasteiger partial charge in [-0.15, -0.1) is 0 Å². The van der Waals surface area contributed by atoms with Crippen LogP contribution in [0.2, 0.25) is 0 Å². The molecule has 1 heterocycles. The van der Waals surface area contributed by atoms with Gasteiger partial charge in [-0.1, -0.05) is 54.6 Å². The van der Waals surface area contributed by atoms with Crippen molar-refractivity contribution < 1.29 is 32.2 Å². The molecule has 1 N–H and O–H groups in total. The number of hydrogen-bond donors (Lipinski definition) is 1. The number of nitrogens with one attached hydrogen (secondary N) is 1. The van der Waals surface area contributed by atoms with Gasteiger partial charge in [0.05, 0.1) is 32.1 Å². The van der Waals surface area contributed by atoms with E-state index in [0.717, 1.165) is 9.87 Å². The third kappa shape index (κ3) is 6.47. The molecule has 44 heavy (non-hydrogen) atoms. The van der Waals surface area contributed by atoms with Crippen LogP contribution in [0.15, 0.2) is 102 Å². The van der Waals surface area contributed by atoms with Crippen molar-refractivity contribution in [1.82, 2.24) is 5.32 Å². The molecule has 1 unspecified atom stereocenters. The van der Waals surface area contributed by atoms with Crippen molar-refractivity contribution in [2.45, 2.75) is 24.5 Å². The average molecular weight is 616 g/mol. The van der Waals surface area contributed by atoms with Gasteiger partial charge in [-0.05, 0) is 54.4 Å². The number of amides is 2. The van der Waals surface area contributed by atoms with E-state index in [1.807, 2.05) is 30.3 Å². The van der Waals surface area contributed by atoms with E-state index >= 15 is 0 Å². The van der Waals surface area contributed by atoms with Gasteiger partial charge >= 0.3 is 0 Å². The van der Waals surface area contributed by atoms with Crippen molar-refractivity contribution in [2.75, 3.05) is 36.5 Å². The minimum absolute atomic E-state index is 0.0869. The first-order chi connectivity index (χ1) is 21.2. The third-order valence-corrected chi connectivity index (χ3v) is 8.98. The van der Waals surface area contributed by atoms with Gasteiger partial charge in [0.15, 0.2) is 6.10 Å². The fourth-order valence-corrected chi connectivity index (χ4v) is 6.55. The number of carbonyl (C=O) groups is 2. The van der Waals surface area contributed by atoms with Gasteiger partial charge < -0.3 is 24.4 Å². The first-order valence-corrected chi connectivity index (χ1v) is 15.3. The number of anilines is 2. The Kier molecular flexibility index (Phi) is 9.05. The smallest absolute Gasteiger partial charge is 0.268 e.